The first-order chi connectivity index (χ1) is 17.9. The highest BCUT2D eigenvalue weighted by molar-refractivity contribution is 7.87. The van der Waals surface area contributed by atoms with Gasteiger partial charge in [0.1, 0.15) is 12.0 Å². The minimum absolute atomic E-state index is 0.140. The Bertz CT molecular complexity index is 1550. The van der Waals surface area contributed by atoms with E-state index < -0.39 is 16.3 Å². The van der Waals surface area contributed by atoms with E-state index in [9.17, 15) is 18.0 Å². The van der Waals surface area contributed by atoms with Gasteiger partial charge in [0.25, 0.3) is 11.8 Å². The molecule has 0 aliphatic carbocycles. The van der Waals surface area contributed by atoms with Gasteiger partial charge in [-0.2, -0.15) is 17.8 Å². The highest BCUT2D eigenvalue weighted by Gasteiger charge is 2.39. The number of carbonyl (C=O) groups excluding carboxylic acids is 2. The third-order valence-electron chi connectivity index (χ3n) is 6.96. The molecule has 202 valence electrons. The van der Waals surface area contributed by atoms with Crippen LogP contribution in [-0.2, 0) is 29.7 Å². The van der Waals surface area contributed by atoms with Gasteiger partial charge in [-0.3, -0.25) is 14.3 Å². The van der Waals surface area contributed by atoms with E-state index in [1.165, 1.54) is 14.1 Å². The summed E-state index contributed by atoms with van der Waals surface area (Å²) in [7, 11) is -1.03. The maximum absolute atomic E-state index is 13.7. The van der Waals surface area contributed by atoms with E-state index in [2.05, 4.69) is 15.2 Å². The molecule has 0 unspecified atom stereocenters. The second-order valence-corrected chi connectivity index (χ2v) is 12.4. The van der Waals surface area contributed by atoms with Gasteiger partial charge in [0.05, 0.1) is 34.9 Å². The van der Waals surface area contributed by atoms with Crippen molar-refractivity contribution < 1.29 is 18.0 Å². The lowest BCUT2D eigenvalue weighted by atomic mass is 9.97. The van der Waals surface area contributed by atoms with Crippen molar-refractivity contribution in [3.63, 3.8) is 0 Å². The summed E-state index contributed by atoms with van der Waals surface area (Å²) in [5.41, 5.74) is 2.31. The second kappa shape index (κ2) is 9.63. The van der Waals surface area contributed by atoms with E-state index in [0.29, 0.717) is 46.4 Å². The SMILES string of the molecule is C[C@@H]1Cc2nn3c(c2CN1C(=O)c1ccc(Cl)c(Cl)c1)C(=O)N([C@@H](C)c1ncn(S(=O)(=O)N(C)C)n1)CC3. The summed E-state index contributed by atoms with van der Waals surface area (Å²) in [4.78, 5) is 34.6. The quantitative estimate of drug-likeness (QED) is 0.452. The Morgan fingerprint density at radius 3 is 2.58 bits per heavy atom. The van der Waals surface area contributed by atoms with Crippen LogP contribution in [0.25, 0.3) is 0 Å². The van der Waals surface area contributed by atoms with E-state index in [4.69, 9.17) is 23.2 Å². The molecule has 0 fully saturated rings. The van der Waals surface area contributed by atoms with Gasteiger partial charge in [-0.05, 0) is 32.0 Å². The molecule has 2 aliphatic heterocycles. The van der Waals surface area contributed by atoms with Crippen molar-refractivity contribution in [3.05, 3.63) is 62.9 Å². The van der Waals surface area contributed by atoms with Gasteiger partial charge >= 0.3 is 10.2 Å². The van der Waals surface area contributed by atoms with Crippen molar-refractivity contribution in [2.24, 2.45) is 0 Å². The molecule has 5 rings (SSSR count). The zero-order valence-corrected chi connectivity index (χ0v) is 23.5. The Hall–Kier alpha value is -3.00. The first-order valence-corrected chi connectivity index (χ1v) is 14.1. The molecule has 15 heteroatoms. The summed E-state index contributed by atoms with van der Waals surface area (Å²) in [5.74, 6) is -0.288. The zero-order chi connectivity index (χ0) is 27.5. The van der Waals surface area contributed by atoms with Gasteiger partial charge in [-0.25, -0.2) is 4.98 Å². The molecule has 0 saturated heterocycles. The summed E-state index contributed by atoms with van der Waals surface area (Å²) in [6, 6.07) is 4.03. The van der Waals surface area contributed by atoms with Crippen LogP contribution in [0, 0.1) is 0 Å². The van der Waals surface area contributed by atoms with Crippen LogP contribution in [0.4, 0.5) is 0 Å². The number of hydrogen-bond acceptors (Lipinski definition) is 7. The molecule has 2 aliphatic rings. The number of rotatable bonds is 5. The summed E-state index contributed by atoms with van der Waals surface area (Å²) < 4.78 is 28.3. The minimum Gasteiger partial charge on any atom is -0.331 e. The van der Waals surface area contributed by atoms with E-state index in [0.717, 1.165) is 20.4 Å². The highest BCUT2D eigenvalue weighted by Crippen LogP contribution is 2.32. The fraction of sp³-hybridized carbons (Fsp3) is 0.435. The average Bonchev–Trinajstić information content (AvgIpc) is 3.50. The molecule has 4 heterocycles. The molecule has 3 aromatic rings. The summed E-state index contributed by atoms with van der Waals surface area (Å²) in [6.07, 6.45) is 1.62. The summed E-state index contributed by atoms with van der Waals surface area (Å²) in [6.45, 7) is 4.71. The van der Waals surface area contributed by atoms with Gasteiger partial charge in [0.15, 0.2) is 5.82 Å². The largest absolute Gasteiger partial charge is 0.331 e. The van der Waals surface area contributed by atoms with E-state index in [1.807, 2.05) is 6.92 Å². The number of nitrogens with zero attached hydrogens (tertiary/aromatic N) is 8. The Kier molecular flexibility index (Phi) is 6.74. The van der Waals surface area contributed by atoms with Gasteiger partial charge in [0, 0.05) is 44.2 Å². The Labute approximate surface area is 229 Å². The molecule has 0 N–H and O–H groups in total. The third-order valence-corrected chi connectivity index (χ3v) is 9.27. The zero-order valence-electron chi connectivity index (χ0n) is 21.2. The van der Waals surface area contributed by atoms with Crippen LogP contribution in [-0.4, -0.2) is 85.0 Å². The van der Waals surface area contributed by atoms with Crippen molar-refractivity contribution in [3.8, 4) is 0 Å². The van der Waals surface area contributed by atoms with Crippen molar-refractivity contribution in [2.75, 3.05) is 20.6 Å². The Morgan fingerprint density at radius 1 is 1.16 bits per heavy atom. The second-order valence-electron chi connectivity index (χ2n) is 9.55. The van der Waals surface area contributed by atoms with Crippen LogP contribution in [0.1, 0.15) is 57.8 Å². The van der Waals surface area contributed by atoms with E-state index >= 15 is 0 Å². The van der Waals surface area contributed by atoms with Crippen molar-refractivity contribution in [2.45, 2.75) is 45.4 Å². The maximum Gasteiger partial charge on any atom is 0.323 e. The number of fused-ring (bicyclic) bond motifs is 3. The molecular formula is C23H26Cl2N8O4S. The van der Waals surface area contributed by atoms with E-state index in [1.54, 1.807) is 39.6 Å². The normalized spacial score (nSPS) is 18.5. The molecule has 0 radical (unpaired) electrons. The number of hydrogen-bond donors (Lipinski definition) is 0. The van der Waals surface area contributed by atoms with Crippen LogP contribution in [0.15, 0.2) is 24.5 Å². The number of benzene rings is 1. The maximum atomic E-state index is 13.7. The van der Waals surface area contributed by atoms with Crippen LogP contribution >= 0.6 is 23.2 Å². The summed E-state index contributed by atoms with van der Waals surface area (Å²) >= 11 is 12.2. The lowest BCUT2D eigenvalue weighted by molar-refractivity contribution is 0.0599. The number of carbonyl (C=O) groups is 2. The van der Waals surface area contributed by atoms with Gasteiger partial charge in [0.2, 0.25) is 0 Å². The monoisotopic (exact) mass is 580 g/mol. The average molecular weight is 581 g/mol. The van der Waals surface area contributed by atoms with Gasteiger partial charge < -0.3 is 9.80 Å². The fourth-order valence-electron chi connectivity index (χ4n) is 4.74. The molecule has 2 aromatic heterocycles. The van der Waals surface area contributed by atoms with Gasteiger partial charge in [-0.1, -0.05) is 23.2 Å². The molecule has 0 spiro atoms. The molecular weight excluding hydrogens is 555 g/mol. The minimum atomic E-state index is -3.83. The Balaban J connectivity index is 1.42. The lowest BCUT2D eigenvalue weighted by Gasteiger charge is -2.35. The molecule has 0 bridgehead atoms. The smallest absolute Gasteiger partial charge is 0.323 e. The molecule has 2 atom stereocenters. The predicted octanol–water partition coefficient (Wildman–Crippen LogP) is 2.24. The van der Waals surface area contributed by atoms with Crippen LogP contribution in [0.3, 0.4) is 0 Å². The van der Waals surface area contributed by atoms with E-state index in [-0.39, 0.29) is 30.2 Å². The lowest BCUT2D eigenvalue weighted by Crippen LogP contribution is -2.45. The number of aromatic nitrogens is 5. The first-order valence-electron chi connectivity index (χ1n) is 11.9. The van der Waals surface area contributed by atoms with Crippen molar-refractivity contribution in [1.29, 1.82) is 0 Å². The predicted molar refractivity (Wildman–Crippen MR) is 139 cm³/mol. The Morgan fingerprint density at radius 2 is 1.89 bits per heavy atom. The molecule has 0 saturated carbocycles. The third kappa shape index (κ3) is 4.36. The molecule has 1 aromatic carbocycles. The molecule has 12 nitrogen and oxygen atoms in total. The van der Waals surface area contributed by atoms with Crippen LogP contribution in [0.2, 0.25) is 10.0 Å². The number of halogens is 2. The van der Waals surface area contributed by atoms with Crippen LogP contribution < -0.4 is 0 Å². The number of amides is 2. The van der Waals surface area contributed by atoms with Crippen LogP contribution in [0.5, 0.6) is 0 Å². The highest BCUT2D eigenvalue weighted by atomic mass is 35.5. The van der Waals surface area contributed by atoms with Crippen molar-refractivity contribution in [1.82, 2.24) is 38.1 Å². The first kappa shape index (κ1) is 26.6. The topological polar surface area (TPSA) is 127 Å². The van der Waals surface area contributed by atoms with Crippen molar-refractivity contribution >= 4 is 45.2 Å². The standard InChI is InChI=1S/C23H26Cl2N8O4S/c1-13-9-19-16(11-31(13)22(34)15-5-6-17(24)18(25)10-15)20-23(35)30(7-8-32(20)27-19)14(2)21-26-12-33(28-21)38(36,37)29(3)4/h5-6,10,12-14H,7-9,11H2,1-4H3/t13-,14+/m1/s1. The fourth-order valence-corrected chi connectivity index (χ4v) is 5.73. The molecule has 2 amide bonds. The van der Waals surface area contributed by atoms with Gasteiger partial charge in [-0.15, -0.1) is 9.19 Å². The summed E-state index contributed by atoms with van der Waals surface area (Å²) in [5, 5.41) is 9.46. The molecule has 38 heavy (non-hydrogen) atoms.